The lowest BCUT2D eigenvalue weighted by Gasteiger charge is -2.22. The zero-order valence-electron chi connectivity index (χ0n) is 14.2. The van der Waals surface area contributed by atoms with Gasteiger partial charge in [-0.2, -0.15) is 0 Å². The van der Waals surface area contributed by atoms with Crippen LogP contribution in [0.2, 0.25) is 0 Å². The number of ether oxygens (including phenoxy) is 1. The van der Waals surface area contributed by atoms with E-state index in [0.717, 1.165) is 34.1 Å². The van der Waals surface area contributed by atoms with Gasteiger partial charge in [-0.1, -0.05) is 7.43 Å². The predicted molar refractivity (Wildman–Crippen MR) is 100 cm³/mol. The van der Waals surface area contributed by atoms with E-state index in [9.17, 15) is 0 Å². The summed E-state index contributed by atoms with van der Waals surface area (Å²) in [5.41, 5.74) is 3.09. The van der Waals surface area contributed by atoms with E-state index in [0.29, 0.717) is 6.04 Å². The van der Waals surface area contributed by atoms with Gasteiger partial charge < -0.3 is 14.2 Å². The van der Waals surface area contributed by atoms with E-state index in [4.69, 9.17) is 9.72 Å². The van der Waals surface area contributed by atoms with Gasteiger partial charge in [-0.15, -0.1) is 0 Å². The fourth-order valence-electron chi connectivity index (χ4n) is 2.75. The zero-order valence-corrected chi connectivity index (χ0v) is 14.2. The van der Waals surface area contributed by atoms with Crippen LogP contribution >= 0.6 is 0 Å². The zero-order chi connectivity index (χ0) is 16.6. The van der Waals surface area contributed by atoms with Gasteiger partial charge in [-0.3, -0.25) is 0 Å². The van der Waals surface area contributed by atoms with Gasteiger partial charge in [0, 0.05) is 25.0 Å². The highest BCUT2D eigenvalue weighted by atomic mass is 16.5. The lowest BCUT2D eigenvalue weighted by Crippen LogP contribution is -2.14. The molecule has 2 aromatic heterocycles. The van der Waals surface area contributed by atoms with Crippen molar-refractivity contribution in [3.63, 3.8) is 0 Å². The summed E-state index contributed by atoms with van der Waals surface area (Å²) in [6.45, 7) is 6.25. The molecule has 0 saturated carbocycles. The fraction of sp³-hybridized carbons (Fsp3) is 0.368. The summed E-state index contributed by atoms with van der Waals surface area (Å²) in [6.07, 6.45) is 2.08. The van der Waals surface area contributed by atoms with E-state index >= 15 is 0 Å². The highest BCUT2D eigenvalue weighted by Crippen LogP contribution is 2.31. The quantitative estimate of drug-likeness (QED) is 0.695. The molecule has 128 valence electrons. The summed E-state index contributed by atoms with van der Waals surface area (Å²) >= 11 is 0. The first kappa shape index (κ1) is 17.8. The third-order valence-corrected chi connectivity index (χ3v) is 3.99. The summed E-state index contributed by atoms with van der Waals surface area (Å²) in [4.78, 5) is 11.4. The molecule has 0 bridgehead atoms. The number of aromatic nitrogens is 3. The van der Waals surface area contributed by atoms with Crippen LogP contribution in [0.3, 0.4) is 0 Å². The Labute approximate surface area is 143 Å². The summed E-state index contributed by atoms with van der Waals surface area (Å²) in [5, 5.41) is 0. The molecule has 0 fully saturated rings. The standard InChI is InChI=1S/C18H22N4O.CH4/c1-12(2)22-11-10-16-17(22)18(20-13(3)19-16)21(4)14-6-8-15(23-5)9-7-14;/h6-12H,1-5H3;1H4. The Morgan fingerprint density at radius 1 is 1.08 bits per heavy atom. The normalized spacial score (nSPS) is 10.8. The molecule has 5 nitrogen and oxygen atoms in total. The van der Waals surface area contributed by atoms with Crippen LogP contribution in [0.15, 0.2) is 36.5 Å². The molecule has 0 amide bonds. The van der Waals surface area contributed by atoms with Crippen LogP contribution in [0.1, 0.15) is 33.1 Å². The van der Waals surface area contributed by atoms with E-state index in [1.807, 2.05) is 38.2 Å². The van der Waals surface area contributed by atoms with Gasteiger partial charge in [-0.05, 0) is 51.1 Å². The molecular weight excluding hydrogens is 300 g/mol. The third-order valence-electron chi connectivity index (χ3n) is 3.99. The Kier molecular flexibility index (Phi) is 5.12. The van der Waals surface area contributed by atoms with Gasteiger partial charge in [0.15, 0.2) is 5.82 Å². The number of hydrogen-bond acceptors (Lipinski definition) is 4. The van der Waals surface area contributed by atoms with Gasteiger partial charge in [0.25, 0.3) is 0 Å². The van der Waals surface area contributed by atoms with Crippen molar-refractivity contribution in [3.05, 3.63) is 42.4 Å². The van der Waals surface area contributed by atoms with Crippen LogP contribution in [0.5, 0.6) is 5.75 Å². The molecule has 1 aromatic carbocycles. The minimum Gasteiger partial charge on any atom is -0.497 e. The SMILES string of the molecule is C.COc1ccc(N(C)c2nc(C)nc3ccn(C(C)C)c23)cc1. The van der Waals surface area contributed by atoms with Crippen molar-refractivity contribution in [2.45, 2.75) is 34.2 Å². The Bertz CT molecular complexity index is 821. The molecule has 5 heteroatoms. The molecule has 0 saturated heterocycles. The van der Waals surface area contributed by atoms with Crippen LogP contribution in [0.25, 0.3) is 11.0 Å². The number of fused-ring (bicyclic) bond motifs is 1. The smallest absolute Gasteiger partial charge is 0.161 e. The Hall–Kier alpha value is -2.56. The Balaban J connectivity index is 0.00000208. The van der Waals surface area contributed by atoms with E-state index < -0.39 is 0 Å². The monoisotopic (exact) mass is 326 g/mol. The molecule has 24 heavy (non-hydrogen) atoms. The number of benzene rings is 1. The topological polar surface area (TPSA) is 43.2 Å². The first-order chi connectivity index (χ1) is 11.0. The average Bonchev–Trinajstić information content (AvgIpc) is 2.97. The average molecular weight is 326 g/mol. The van der Waals surface area contributed by atoms with Crippen LogP contribution in [-0.2, 0) is 0 Å². The fourth-order valence-corrected chi connectivity index (χ4v) is 2.75. The van der Waals surface area contributed by atoms with E-state index in [1.165, 1.54) is 0 Å². The molecular formula is C19H26N4O. The maximum atomic E-state index is 5.23. The van der Waals surface area contributed by atoms with Crippen LogP contribution in [0.4, 0.5) is 11.5 Å². The van der Waals surface area contributed by atoms with Crippen LogP contribution < -0.4 is 9.64 Å². The van der Waals surface area contributed by atoms with E-state index in [-0.39, 0.29) is 7.43 Å². The van der Waals surface area contributed by atoms with Crippen molar-refractivity contribution in [3.8, 4) is 5.75 Å². The number of methoxy groups -OCH3 is 1. The first-order valence-corrected chi connectivity index (χ1v) is 7.74. The largest absolute Gasteiger partial charge is 0.497 e. The molecule has 0 N–H and O–H groups in total. The second kappa shape index (κ2) is 6.91. The minimum atomic E-state index is 0. The highest BCUT2D eigenvalue weighted by molar-refractivity contribution is 5.89. The number of rotatable bonds is 4. The number of anilines is 2. The molecule has 0 spiro atoms. The minimum absolute atomic E-state index is 0. The van der Waals surface area contributed by atoms with Crippen molar-refractivity contribution >= 4 is 22.5 Å². The Morgan fingerprint density at radius 2 is 1.75 bits per heavy atom. The summed E-state index contributed by atoms with van der Waals surface area (Å²) in [5.74, 6) is 2.53. The lowest BCUT2D eigenvalue weighted by molar-refractivity contribution is 0.415. The third kappa shape index (κ3) is 3.07. The van der Waals surface area contributed by atoms with Crippen molar-refractivity contribution in [2.24, 2.45) is 0 Å². The molecule has 2 heterocycles. The molecule has 0 aliphatic rings. The molecule has 3 rings (SSSR count). The van der Waals surface area contributed by atoms with E-state index in [1.54, 1.807) is 7.11 Å². The van der Waals surface area contributed by atoms with Crippen LogP contribution in [-0.4, -0.2) is 28.7 Å². The van der Waals surface area contributed by atoms with Crippen molar-refractivity contribution in [1.82, 2.24) is 14.5 Å². The second-order valence-electron chi connectivity index (χ2n) is 5.90. The molecule has 0 radical (unpaired) electrons. The van der Waals surface area contributed by atoms with Crippen molar-refractivity contribution in [2.75, 3.05) is 19.1 Å². The first-order valence-electron chi connectivity index (χ1n) is 7.74. The van der Waals surface area contributed by atoms with Crippen molar-refractivity contribution in [1.29, 1.82) is 0 Å². The number of aryl methyl sites for hydroxylation is 1. The molecule has 0 atom stereocenters. The molecule has 3 aromatic rings. The van der Waals surface area contributed by atoms with Gasteiger partial charge in [0.2, 0.25) is 0 Å². The van der Waals surface area contributed by atoms with Gasteiger partial charge in [-0.25, -0.2) is 9.97 Å². The van der Waals surface area contributed by atoms with Crippen LogP contribution in [0, 0.1) is 6.92 Å². The van der Waals surface area contributed by atoms with Crippen molar-refractivity contribution < 1.29 is 4.74 Å². The highest BCUT2D eigenvalue weighted by Gasteiger charge is 2.17. The second-order valence-corrected chi connectivity index (χ2v) is 5.90. The summed E-state index contributed by atoms with van der Waals surface area (Å²) in [6, 6.07) is 10.4. The van der Waals surface area contributed by atoms with Gasteiger partial charge >= 0.3 is 0 Å². The van der Waals surface area contributed by atoms with Gasteiger partial charge in [0.05, 0.1) is 12.6 Å². The maximum absolute atomic E-state index is 5.23. The molecule has 0 unspecified atom stereocenters. The molecule has 0 aliphatic carbocycles. The number of nitrogens with zero attached hydrogens (tertiary/aromatic N) is 4. The predicted octanol–water partition coefficient (Wildman–Crippen LogP) is 4.73. The summed E-state index contributed by atoms with van der Waals surface area (Å²) in [7, 11) is 3.70. The lowest BCUT2D eigenvalue weighted by atomic mass is 10.2. The van der Waals surface area contributed by atoms with Gasteiger partial charge in [0.1, 0.15) is 17.1 Å². The van der Waals surface area contributed by atoms with E-state index in [2.05, 4.69) is 40.6 Å². The summed E-state index contributed by atoms with van der Waals surface area (Å²) < 4.78 is 7.45. The Morgan fingerprint density at radius 3 is 2.33 bits per heavy atom. The number of hydrogen-bond donors (Lipinski definition) is 0. The molecule has 0 aliphatic heterocycles. The maximum Gasteiger partial charge on any atom is 0.161 e.